The highest BCUT2D eigenvalue weighted by atomic mass is 32.1. The molecule has 2 aromatic carbocycles. The first-order valence-corrected chi connectivity index (χ1v) is 9.70. The van der Waals surface area contributed by atoms with Gasteiger partial charge in [-0.05, 0) is 18.6 Å². The van der Waals surface area contributed by atoms with Crippen LogP contribution in [0.25, 0.3) is 32.7 Å². The molecule has 0 N–H and O–H groups in total. The highest BCUT2D eigenvalue weighted by Crippen LogP contribution is 2.32. The average molecular weight is 376 g/mol. The molecule has 4 aromatic rings. The van der Waals surface area contributed by atoms with E-state index in [1.54, 1.807) is 11.7 Å². The minimum atomic E-state index is -0.0198. The van der Waals surface area contributed by atoms with Crippen molar-refractivity contribution in [2.24, 2.45) is 0 Å². The van der Waals surface area contributed by atoms with Crippen LogP contribution in [0.3, 0.4) is 0 Å². The molecule has 0 aliphatic carbocycles. The highest BCUT2D eigenvalue weighted by molar-refractivity contribution is 7.17. The Labute approximate surface area is 161 Å². The van der Waals surface area contributed by atoms with Crippen molar-refractivity contribution in [1.29, 1.82) is 0 Å². The van der Waals surface area contributed by atoms with Gasteiger partial charge in [-0.2, -0.15) is 0 Å². The summed E-state index contributed by atoms with van der Waals surface area (Å²) in [6.07, 6.45) is 0. The van der Waals surface area contributed by atoms with Crippen molar-refractivity contribution in [2.75, 3.05) is 13.7 Å². The Hall–Kier alpha value is -2.76. The van der Waals surface area contributed by atoms with E-state index in [-0.39, 0.29) is 5.56 Å². The fourth-order valence-electron chi connectivity index (χ4n) is 3.25. The number of hydrogen-bond acceptors (Lipinski definition) is 4. The maximum Gasteiger partial charge on any atom is 0.263 e. The summed E-state index contributed by atoms with van der Waals surface area (Å²) in [4.78, 5) is 19.1. The number of ether oxygens (including phenoxy) is 1. The van der Waals surface area contributed by atoms with Gasteiger partial charge in [0.25, 0.3) is 5.56 Å². The zero-order valence-corrected chi connectivity index (χ0v) is 16.1. The van der Waals surface area contributed by atoms with Crippen molar-refractivity contribution in [3.05, 3.63) is 75.9 Å². The summed E-state index contributed by atoms with van der Waals surface area (Å²) in [7, 11) is 1.64. The molecule has 0 atom stereocenters. The van der Waals surface area contributed by atoms with E-state index in [1.807, 2.05) is 60.8 Å². The fraction of sp³-hybridized carbons (Fsp3) is 0.182. The van der Waals surface area contributed by atoms with Crippen molar-refractivity contribution in [1.82, 2.24) is 9.55 Å². The maximum absolute atomic E-state index is 13.4. The summed E-state index contributed by atoms with van der Waals surface area (Å²) in [6.45, 7) is 2.96. The Bertz CT molecular complexity index is 1150. The molecule has 0 aliphatic rings. The van der Waals surface area contributed by atoms with E-state index in [0.717, 1.165) is 27.1 Å². The second-order valence-electron chi connectivity index (χ2n) is 6.45. The quantitative estimate of drug-likeness (QED) is 0.505. The highest BCUT2D eigenvalue weighted by Gasteiger charge is 2.18. The molecule has 0 amide bonds. The number of methoxy groups -OCH3 is 1. The number of benzene rings is 2. The minimum Gasteiger partial charge on any atom is -0.383 e. The van der Waals surface area contributed by atoms with Gasteiger partial charge in [0.05, 0.1) is 18.5 Å². The van der Waals surface area contributed by atoms with Crippen molar-refractivity contribution in [3.8, 4) is 22.5 Å². The molecule has 0 spiro atoms. The molecule has 0 bridgehead atoms. The third kappa shape index (κ3) is 3.31. The Balaban J connectivity index is 1.99. The molecule has 0 saturated heterocycles. The first kappa shape index (κ1) is 17.6. The van der Waals surface area contributed by atoms with E-state index in [0.29, 0.717) is 24.4 Å². The van der Waals surface area contributed by atoms with Crippen LogP contribution in [0, 0.1) is 6.92 Å². The zero-order chi connectivity index (χ0) is 18.8. The molecule has 4 nitrogen and oxygen atoms in total. The Morgan fingerprint density at radius 3 is 2.59 bits per heavy atom. The number of thiophene rings is 1. The average Bonchev–Trinajstić information content (AvgIpc) is 3.12. The van der Waals surface area contributed by atoms with Crippen molar-refractivity contribution in [3.63, 3.8) is 0 Å². The van der Waals surface area contributed by atoms with Crippen molar-refractivity contribution < 1.29 is 4.74 Å². The predicted octanol–water partition coefficient (Wildman–Crippen LogP) is 4.75. The lowest BCUT2D eigenvalue weighted by molar-refractivity contribution is 0.186. The molecule has 0 saturated carbocycles. The fourth-order valence-corrected chi connectivity index (χ4v) is 4.19. The lowest BCUT2D eigenvalue weighted by atomic mass is 10.1. The van der Waals surface area contributed by atoms with Gasteiger partial charge in [0.2, 0.25) is 0 Å². The molecule has 2 heterocycles. The topological polar surface area (TPSA) is 44.1 Å². The Morgan fingerprint density at radius 1 is 1.07 bits per heavy atom. The smallest absolute Gasteiger partial charge is 0.263 e. The van der Waals surface area contributed by atoms with Gasteiger partial charge >= 0.3 is 0 Å². The predicted molar refractivity (Wildman–Crippen MR) is 111 cm³/mol. The van der Waals surface area contributed by atoms with Gasteiger partial charge in [-0.15, -0.1) is 11.3 Å². The van der Waals surface area contributed by atoms with Gasteiger partial charge in [-0.1, -0.05) is 54.1 Å². The first-order valence-electron chi connectivity index (χ1n) is 8.82. The molecule has 2 aromatic heterocycles. The van der Waals surface area contributed by atoms with Crippen LogP contribution in [-0.4, -0.2) is 23.3 Å². The summed E-state index contributed by atoms with van der Waals surface area (Å²) in [5.41, 5.74) is 4.03. The molecule has 0 aliphatic heterocycles. The van der Waals surface area contributed by atoms with Crippen molar-refractivity contribution >= 4 is 21.6 Å². The van der Waals surface area contributed by atoms with Gasteiger partial charge in [0.15, 0.2) is 0 Å². The Kier molecular flexibility index (Phi) is 4.88. The summed E-state index contributed by atoms with van der Waals surface area (Å²) >= 11 is 1.51. The summed E-state index contributed by atoms with van der Waals surface area (Å²) in [5, 5.41) is 2.70. The molecule has 0 unspecified atom stereocenters. The third-order valence-corrected chi connectivity index (χ3v) is 5.45. The minimum absolute atomic E-state index is 0.0198. The SMILES string of the molecule is COCCn1c(-c2cccc(C)c2)nc2scc(-c3ccccc3)c2c1=O. The van der Waals surface area contributed by atoms with Gasteiger partial charge in [0, 0.05) is 23.6 Å². The van der Waals surface area contributed by atoms with Crippen molar-refractivity contribution in [2.45, 2.75) is 13.5 Å². The lowest BCUT2D eigenvalue weighted by Gasteiger charge is -2.13. The standard InChI is InChI=1S/C22H20N2O2S/c1-15-7-6-10-17(13-15)20-23-21-19(22(25)24(20)11-12-26-2)18(14-27-21)16-8-4-3-5-9-16/h3-10,13-14H,11-12H2,1-2H3. The second kappa shape index (κ2) is 7.47. The monoisotopic (exact) mass is 376 g/mol. The van der Waals surface area contributed by atoms with E-state index in [1.165, 1.54) is 11.3 Å². The zero-order valence-electron chi connectivity index (χ0n) is 15.3. The summed E-state index contributed by atoms with van der Waals surface area (Å²) in [6, 6.07) is 18.1. The molecule has 5 heteroatoms. The number of hydrogen-bond donors (Lipinski definition) is 0. The van der Waals surface area contributed by atoms with Crippen LogP contribution in [0.4, 0.5) is 0 Å². The maximum atomic E-state index is 13.4. The molecule has 0 fully saturated rings. The molecular weight excluding hydrogens is 356 g/mol. The van der Waals surface area contributed by atoms with Gasteiger partial charge in [-0.3, -0.25) is 9.36 Å². The number of aryl methyl sites for hydroxylation is 1. The summed E-state index contributed by atoms with van der Waals surface area (Å²) < 4.78 is 6.97. The first-order chi connectivity index (χ1) is 13.2. The van der Waals surface area contributed by atoms with Gasteiger partial charge < -0.3 is 4.74 Å². The Morgan fingerprint density at radius 2 is 1.85 bits per heavy atom. The van der Waals surface area contributed by atoms with Crippen LogP contribution in [0.2, 0.25) is 0 Å². The van der Waals surface area contributed by atoms with Crippen LogP contribution < -0.4 is 5.56 Å². The largest absolute Gasteiger partial charge is 0.383 e. The van der Waals surface area contributed by atoms with E-state index >= 15 is 0 Å². The van der Waals surface area contributed by atoms with E-state index in [4.69, 9.17) is 9.72 Å². The van der Waals surface area contributed by atoms with E-state index < -0.39 is 0 Å². The van der Waals surface area contributed by atoms with Crippen LogP contribution in [0.5, 0.6) is 0 Å². The van der Waals surface area contributed by atoms with Crippen LogP contribution >= 0.6 is 11.3 Å². The lowest BCUT2D eigenvalue weighted by Crippen LogP contribution is -2.25. The molecular formula is C22H20N2O2S. The molecule has 27 heavy (non-hydrogen) atoms. The van der Waals surface area contributed by atoms with E-state index in [2.05, 4.69) is 6.07 Å². The second-order valence-corrected chi connectivity index (χ2v) is 7.31. The summed E-state index contributed by atoms with van der Waals surface area (Å²) in [5.74, 6) is 0.690. The third-order valence-electron chi connectivity index (χ3n) is 4.57. The number of nitrogens with zero attached hydrogens (tertiary/aromatic N) is 2. The van der Waals surface area contributed by atoms with Crippen LogP contribution in [0.1, 0.15) is 5.56 Å². The van der Waals surface area contributed by atoms with Crippen LogP contribution in [0.15, 0.2) is 64.8 Å². The number of rotatable bonds is 5. The van der Waals surface area contributed by atoms with E-state index in [9.17, 15) is 4.79 Å². The number of fused-ring (bicyclic) bond motifs is 1. The normalized spacial score (nSPS) is 11.2. The number of aromatic nitrogens is 2. The molecule has 0 radical (unpaired) electrons. The van der Waals surface area contributed by atoms with Gasteiger partial charge in [-0.25, -0.2) is 4.98 Å². The van der Waals surface area contributed by atoms with Gasteiger partial charge in [0.1, 0.15) is 10.7 Å². The van der Waals surface area contributed by atoms with Crippen LogP contribution in [-0.2, 0) is 11.3 Å². The molecule has 136 valence electrons. The molecule has 4 rings (SSSR count).